The SMILES string of the molecule is NC[C@H](Cc1cccc(F)c1)NC(=O)c1cc2c(s1)CCCN1N=C[C@@H](c3cccnc3)C21. The molecular formula is C25H26FN5OS. The molecule has 5 rings (SSSR count). The number of benzene rings is 1. The monoisotopic (exact) mass is 463 g/mol. The second-order valence-corrected chi connectivity index (χ2v) is 9.65. The number of nitrogens with one attached hydrogen (secondary N) is 1. The smallest absolute Gasteiger partial charge is 0.261 e. The van der Waals surface area contributed by atoms with Crippen LogP contribution in [0.1, 0.15) is 49.6 Å². The van der Waals surface area contributed by atoms with Gasteiger partial charge < -0.3 is 11.1 Å². The van der Waals surface area contributed by atoms with Gasteiger partial charge in [-0.1, -0.05) is 18.2 Å². The number of hydrogen-bond donors (Lipinski definition) is 2. The van der Waals surface area contributed by atoms with Gasteiger partial charge in [0.15, 0.2) is 0 Å². The summed E-state index contributed by atoms with van der Waals surface area (Å²) in [6.45, 7) is 1.17. The van der Waals surface area contributed by atoms with Crippen molar-refractivity contribution in [1.82, 2.24) is 15.3 Å². The Morgan fingerprint density at radius 1 is 1.30 bits per heavy atom. The number of hydrazone groups is 1. The van der Waals surface area contributed by atoms with E-state index < -0.39 is 0 Å². The van der Waals surface area contributed by atoms with Gasteiger partial charge in [-0.25, -0.2) is 4.39 Å². The Morgan fingerprint density at radius 2 is 2.21 bits per heavy atom. The van der Waals surface area contributed by atoms with E-state index in [1.54, 1.807) is 23.6 Å². The minimum absolute atomic E-state index is 0.0714. The highest BCUT2D eigenvalue weighted by Gasteiger charge is 2.37. The Hall–Kier alpha value is -3.10. The minimum Gasteiger partial charge on any atom is -0.347 e. The molecular weight excluding hydrogens is 437 g/mol. The van der Waals surface area contributed by atoms with Crippen LogP contribution >= 0.6 is 11.3 Å². The van der Waals surface area contributed by atoms with Gasteiger partial charge in [-0.05, 0) is 60.2 Å². The number of aryl methyl sites for hydroxylation is 1. The molecule has 0 spiro atoms. The van der Waals surface area contributed by atoms with E-state index >= 15 is 0 Å². The first-order valence-corrected chi connectivity index (χ1v) is 12.0. The third kappa shape index (κ3) is 4.54. The van der Waals surface area contributed by atoms with Crippen molar-refractivity contribution in [3.8, 4) is 0 Å². The molecule has 4 heterocycles. The summed E-state index contributed by atoms with van der Waals surface area (Å²) >= 11 is 1.55. The molecule has 8 heteroatoms. The molecule has 3 N–H and O–H groups in total. The average molecular weight is 464 g/mol. The zero-order valence-electron chi connectivity index (χ0n) is 18.2. The number of pyridine rings is 1. The van der Waals surface area contributed by atoms with Crippen LogP contribution in [0.25, 0.3) is 0 Å². The largest absolute Gasteiger partial charge is 0.347 e. The maximum Gasteiger partial charge on any atom is 0.261 e. The van der Waals surface area contributed by atoms with Crippen LogP contribution < -0.4 is 11.1 Å². The number of halogens is 1. The number of fused-ring (bicyclic) bond motifs is 3. The lowest BCUT2D eigenvalue weighted by molar-refractivity contribution is 0.0942. The zero-order valence-corrected chi connectivity index (χ0v) is 19.0. The summed E-state index contributed by atoms with van der Waals surface area (Å²) in [6.07, 6.45) is 8.07. The molecule has 0 radical (unpaired) electrons. The van der Waals surface area contributed by atoms with Gasteiger partial charge in [0.25, 0.3) is 5.91 Å². The molecule has 0 saturated carbocycles. The van der Waals surface area contributed by atoms with Crippen molar-refractivity contribution < 1.29 is 9.18 Å². The van der Waals surface area contributed by atoms with Gasteiger partial charge in [-0.15, -0.1) is 11.3 Å². The number of hydrogen-bond acceptors (Lipinski definition) is 6. The van der Waals surface area contributed by atoms with Crippen LogP contribution in [0, 0.1) is 5.82 Å². The van der Waals surface area contributed by atoms with Crippen LogP contribution in [-0.4, -0.2) is 41.2 Å². The Labute approximate surface area is 196 Å². The third-order valence-corrected chi connectivity index (χ3v) is 7.48. The number of aromatic nitrogens is 1. The predicted octanol–water partition coefficient (Wildman–Crippen LogP) is 3.65. The van der Waals surface area contributed by atoms with Gasteiger partial charge in [-0.3, -0.25) is 14.8 Å². The van der Waals surface area contributed by atoms with Crippen molar-refractivity contribution in [2.24, 2.45) is 10.8 Å². The summed E-state index contributed by atoms with van der Waals surface area (Å²) < 4.78 is 13.5. The summed E-state index contributed by atoms with van der Waals surface area (Å²) in [7, 11) is 0. The van der Waals surface area contributed by atoms with Crippen LogP contribution in [0.3, 0.4) is 0 Å². The first-order chi connectivity index (χ1) is 16.1. The molecule has 2 aliphatic heterocycles. The van der Waals surface area contributed by atoms with E-state index in [1.807, 2.05) is 30.6 Å². The molecule has 0 aliphatic carbocycles. The van der Waals surface area contributed by atoms with Gasteiger partial charge in [0.1, 0.15) is 5.82 Å². The lowest BCUT2D eigenvalue weighted by atomic mass is 9.89. The number of carbonyl (C=O) groups is 1. The van der Waals surface area contributed by atoms with Crippen molar-refractivity contribution in [2.75, 3.05) is 13.1 Å². The van der Waals surface area contributed by atoms with E-state index in [9.17, 15) is 9.18 Å². The summed E-state index contributed by atoms with van der Waals surface area (Å²) in [6, 6.07) is 12.3. The molecule has 1 amide bonds. The molecule has 2 aromatic heterocycles. The fourth-order valence-electron chi connectivity index (χ4n) is 4.69. The number of amides is 1. The van der Waals surface area contributed by atoms with E-state index in [-0.39, 0.29) is 36.3 Å². The Balaban J connectivity index is 1.37. The summed E-state index contributed by atoms with van der Waals surface area (Å²) in [4.78, 5) is 19.3. The average Bonchev–Trinajstić information content (AvgIpc) is 3.40. The van der Waals surface area contributed by atoms with Gasteiger partial charge in [0.2, 0.25) is 0 Å². The minimum atomic E-state index is -0.289. The summed E-state index contributed by atoms with van der Waals surface area (Å²) in [5.74, 6) is -0.322. The van der Waals surface area contributed by atoms with E-state index in [0.717, 1.165) is 30.5 Å². The standard InChI is InChI=1S/C25H26FN5OS/c26-18-6-1-4-16(10-18)11-19(13-27)30-25(32)23-12-20-22(33-23)7-3-9-31-24(20)21(15-29-31)17-5-2-8-28-14-17/h1-2,4-6,8,10,12,14-15,19,21,24H,3,7,9,11,13,27H2,(H,30,32)/t19-,21-,24?/m0/s1. The lowest BCUT2D eigenvalue weighted by Crippen LogP contribution is -2.41. The van der Waals surface area contributed by atoms with Crippen molar-refractivity contribution in [2.45, 2.75) is 37.3 Å². The number of rotatable bonds is 6. The number of carbonyl (C=O) groups excluding carboxylic acids is 1. The molecule has 2 aliphatic rings. The van der Waals surface area contributed by atoms with Crippen LogP contribution in [0.2, 0.25) is 0 Å². The summed E-state index contributed by atoms with van der Waals surface area (Å²) in [5, 5.41) is 9.87. The predicted molar refractivity (Wildman–Crippen MR) is 128 cm³/mol. The molecule has 6 nitrogen and oxygen atoms in total. The normalized spacial score (nSPS) is 20.1. The second kappa shape index (κ2) is 9.41. The van der Waals surface area contributed by atoms with Crippen molar-refractivity contribution >= 4 is 23.5 Å². The van der Waals surface area contributed by atoms with Crippen LogP contribution in [-0.2, 0) is 12.8 Å². The maximum absolute atomic E-state index is 13.5. The lowest BCUT2D eigenvalue weighted by Gasteiger charge is -2.26. The molecule has 0 fully saturated rings. The van der Waals surface area contributed by atoms with E-state index in [2.05, 4.69) is 26.5 Å². The number of thiophene rings is 1. The highest BCUT2D eigenvalue weighted by molar-refractivity contribution is 7.14. The fourth-order valence-corrected chi connectivity index (χ4v) is 5.84. The fraction of sp³-hybridized carbons (Fsp3) is 0.320. The van der Waals surface area contributed by atoms with Crippen molar-refractivity contribution in [1.29, 1.82) is 0 Å². The van der Waals surface area contributed by atoms with Gasteiger partial charge in [-0.2, -0.15) is 5.10 Å². The number of nitrogens with two attached hydrogens (primary N) is 1. The first-order valence-electron chi connectivity index (χ1n) is 11.2. The molecule has 170 valence electrons. The third-order valence-electron chi connectivity index (χ3n) is 6.27. The Morgan fingerprint density at radius 3 is 3.00 bits per heavy atom. The Kier molecular flexibility index (Phi) is 6.20. The van der Waals surface area contributed by atoms with Crippen LogP contribution in [0.15, 0.2) is 60.0 Å². The zero-order chi connectivity index (χ0) is 22.8. The topological polar surface area (TPSA) is 83.6 Å². The maximum atomic E-state index is 13.5. The molecule has 3 aromatic rings. The second-order valence-electron chi connectivity index (χ2n) is 8.52. The highest BCUT2D eigenvalue weighted by Crippen LogP contribution is 2.44. The van der Waals surface area contributed by atoms with Crippen molar-refractivity contribution in [3.63, 3.8) is 0 Å². The molecule has 33 heavy (non-hydrogen) atoms. The van der Waals surface area contributed by atoms with E-state index in [1.165, 1.54) is 22.6 Å². The van der Waals surface area contributed by atoms with Gasteiger partial charge in [0, 0.05) is 48.5 Å². The van der Waals surface area contributed by atoms with E-state index in [0.29, 0.717) is 11.3 Å². The van der Waals surface area contributed by atoms with E-state index in [4.69, 9.17) is 5.73 Å². The van der Waals surface area contributed by atoms with Crippen LogP contribution in [0.5, 0.6) is 0 Å². The molecule has 1 aromatic carbocycles. The summed E-state index contributed by atoms with van der Waals surface area (Å²) in [5.41, 5.74) is 9.02. The molecule has 1 unspecified atom stereocenters. The van der Waals surface area contributed by atoms with Gasteiger partial charge in [0.05, 0.1) is 10.9 Å². The first kappa shape index (κ1) is 21.7. The molecule has 3 atom stereocenters. The molecule has 0 saturated heterocycles. The van der Waals surface area contributed by atoms with Crippen LogP contribution in [0.4, 0.5) is 4.39 Å². The highest BCUT2D eigenvalue weighted by atomic mass is 32.1. The molecule has 0 bridgehead atoms. The van der Waals surface area contributed by atoms with Gasteiger partial charge >= 0.3 is 0 Å². The van der Waals surface area contributed by atoms with Crippen molar-refractivity contribution in [3.05, 3.63) is 87.1 Å². The Bertz CT molecular complexity index is 1160. The number of nitrogens with zero attached hydrogens (tertiary/aromatic N) is 3. The quantitative estimate of drug-likeness (QED) is 0.585.